The number of likely N-dealkylation sites (tertiary alicyclic amines) is 1. The van der Waals surface area contributed by atoms with Gasteiger partial charge in [0.1, 0.15) is 5.69 Å². The van der Waals surface area contributed by atoms with E-state index in [2.05, 4.69) is 4.98 Å². The van der Waals surface area contributed by atoms with E-state index in [1.807, 2.05) is 30.3 Å². The van der Waals surface area contributed by atoms with Gasteiger partial charge in [0.05, 0.1) is 11.9 Å². The number of amides is 1. The van der Waals surface area contributed by atoms with Crippen molar-refractivity contribution in [2.75, 3.05) is 6.54 Å². The van der Waals surface area contributed by atoms with Crippen LogP contribution in [0.2, 0.25) is 0 Å². The van der Waals surface area contributed by atoms with E-state index in [0.29, 0.717) is 12.2 Å². The Morgan fingerprint density at radius 1 is 1.24 bits per heavy atom. The third-order valence-electron chi connectivity index (χ3n) is 3.87. The van der Waals surface area contributed by atoms with Gasteiger partial charge >= 0.3 is 5.97 Å². The van der Waals surface area contributed by atoms with Crippen molar-refractivity contribution < 1.29 is 14.7 Å². The van der Waals surface area contributed by atoms with Crippen LogP contribution in [0.3, 0.4) is 0 Å². The van der Waals surface area contributed by atoms with E-state index in [4.69, 9.17) is 5.11 Å². The van der Waals surface area contributed by atoms with Crippen LogP contribution < -0.4 is 0 Å². The maximum absolute atomic E-state index is 12.6. The highest BCUT2D eigenvalue weighted by molar-refractivity contribution is 5.95. The molecule has 2 heterocycles. The summed E-state index contributed by atoms with van der Waals surface area (Å²) >= 11 is 0. The van der Waals surface area contributed by atoms with Crippen molar-refractivity contribution in [2.24, 2.45) is 0 Å². The first kappa shape index (κ1) is 13.5. The third kappa shape index (κ3) is 2.72. The van der Waals surface area contributed by atoms with Crippen LogP contribution in [0.5, 0.6) is 0 Å². The summed E-state index contributed by atoms with van der Waals surface area (Å²) in [6, 6.07) is 11.0. The second-order valence-corrected chi connectivity index (χ2v) is 5.28. The number of carbonyl (C=O) groups excluding carboxylic acids is 1. The SMILES string of the molecule is O=C(O)CC1CCCN1C(=O)c1ccc2ccccc2n1. The lowest BCUT2D eigenvalue weighted by Crippen LogP contribution is -2.37. The van der Waals surface area contributed by atoms with Crippen LogP contribution in [0, 0.1) is 0 Å². The van der Waals surface area contributed by atoms with E-state index in [-0.39, 0.29) is 18.4 Å². The van der Waals surface area contributed by atoms with Gasteiger partial charge in [-0.2, -0.15) is 0 Å². The molecule has 1 N–H and O–H groups in total. The second-order valence-electron chi connectivity index (χ2n) is 5.28. The monoisotopic (exact) mass is 284 g/mol. The molecule has 1 fully saturated rings. The summed E-state index contributed by atoms with van der Waals surface area (Å²) in [6.07, 6.45) is 1.59. The second kappa shape index (κ2) is 5.52. The number of benzene rings is 1. The summed E-state index contributed by atoms with van der Waals surface area (Å²) < 4.78 is 0. The fraction of sp³-hybridized carbons (Fsp3) is 0.312. The van der Waals surface area contributed by atoms with Gasteiger partial charge in [-0.15, -0.1) is 0 Å². The quantitative estimate of drug-likeness (QED) is 0.939. The number of hydrogen-bond donors (Lipinski definition) is 1. The molecular formula is C16H16N2O3. The highest BCUT2D eigenvalue weighted by Gasteiger charge is 2.31. The van der Waals surface area contributed by atoms with Crippen LogP contribution in [0.1, 0.15) is 29.8 Å². The number of para-hydroxylation sites is 1. The minimum atomic E-state index is -0.869. The van der Waals surface area contributed by atoms with Gasteiger partial charge in [0, 0.05) is 18.0 Å². The minimum absolute atomic E-state index is 0.000673. The van der Waals surface area contributed by atoms with E-state index in [1.54, 1.807) is 11.0 Å². The molecule has 1 atom stereocenters. The van der Waals surface area contributed by atoms with Crippen molar-refractivity contribution in [3.63, 3.8) is 0 Å². The number of aliphatic carboxylic acids is 1. The average Bonchev–Trinajstić information content (AvgIpc) is 2.93. The number of carboxylic acid groups (broad SMARTS) is 1. The molecule has 3 rings (SSSR count). The Balaban J connectivity index is 1.87. The van der Waals surface area contributed by atoms with Crippen LogP contribution in [-0.4, -0.2) is 39.5 Å². The molecule has 1 aliphatic heterocycles. The first-order valence-corrected chi connectivity index (χ1v) is 7.04. The fourth-order valence-electron chi connectivity index (χ4n) is 2.85. The Morgan fingerprint density at radius 2 is 2.05 bits per heavy atom. The van der Waals surface area contributed by atoms with E-state index < -0.39 is 5.97 Å². The number of carbonyl (C=O) groups is 2. The minimum Gasteiger partial charge on any atom is -0.481 e. The molecule has 2 aromatic rings. The number of rotatable bonds is 3. The molecule has 1 amide bonds. The van der Waals surface area contributed by atoms with Gasteiger partial charge in [0.2, 0.25) is 0 Å². The number of aromatic nitrogens is 1. The zero-order chi connectivity index (χ0) is 14.8. The first-order valence-electron chi connectivity index (χ1n) is 7.04. The zero-order valence-electron chi connectivity index (χ0n) is 11.5. The van der Waals surface area contributed by atoms with Gasteiger partial charge < -0.3 is 10.0 Å². The van der Waals surface area contributed by atoms with Crippen molar-refractivity contribution in [3.05, 3.63) is 42.1 Å². The fourth-order valence-corrected chi connectivity index (χ4v) is 2.85. The number of hydrogen-bond acceptors (Lipinski definition) is 3. The standard InChI is InChI=1S/C16H16N2O3/c19-15(20)10-12-5-3-9-18(12)16(21)14-8-7-11-4-1-2-6-13(11)17-14/h1-2,4,6-8,12H,3,5,9-10H2,(H,19,20). The lowest BCUT2D eigenvalue weighted by molar-refractivity contribution is -0.137. The Kier molecular flexibility index (Phi) is 3.56. The van der Waals surface area contributed by atoms with E-state index in [9.17, 15) is 9.59 Å². The van der Waals surface area contributed by atoms with Crippen molar-refractivity contribution in [1.82, 2.24) is 9.88 Å². The maximum Gasteiger partial charge on any atom is 0.305 e. The topological polar surface area (TPSA) is 70.5 Å². The van der Waals surface area contributed by atoms with Gasteiger partial charge in [-0.25, -0.2) is 4.98 Å². The Hall–Kier alpha value is -2.43. The number of carboxylic acids is 1. The normalized spacial score (nSPS) is 18.1. The van der Waals surface area contributed by atoms with E-state index in [1.165, 1.54) is 0 Å². The molecule has 0 radical (unpaired) electrons. The summed E-state index contributed by atoms with van der Waals surface area (Å²) in [5, 5.41) is 9.92. The first-order chi connectivity index (χ1) is 10.1. The number of fused-ring (bicyclic) bond motifs is 1. The Bertz CT molecular complexity index is 699. The Labute approximate surface area is 122 Å². The van der Waals surface area contributed by atoms with Crippen molar-refractivity contribution in [1.29, 1.82) is 0 Å². The van der Waals surface area contributed by atoms with Gasteiger partial charge in [-0.1, -0.05) is 24.3 Å². The Morgan fingerprint density at radius 3 is 2.86 bits per heavy atom. The van der Waals surface area contributed by atoms with Gasteiger partial charge in [-0.3, -0.25) is 9.59 Å². The van der Waals surface area contributed by atoms with Gasteiger partial charge in [-0.05, 0) is 25.0 Å². The van der Waals surface area contributed by atoms with Gasteiger partial charge in [0.25, 0.3) is 5.91 Å². The molecule has 0 aliphatic carbocycles. The lowest BCUT2D eigenvalue weighted by atomic mass is 10.1. The van der Waals surface area contributed by atoms with Crippen molar-refractivity contribution in [3.8, 4) is 0 Å². The predicted molar refractivity (Wildman–Crippen MR) is 78.1 cm³/mol. The third-order valence-corrected chi connectivity index (χ3v) is 3.87. The molecule has 0 bridgehead atoms. The highest BCUT2D eigenvalue weighted by Crippen LogP contribution is 2.23. The molecule has 1 aliphatic rings. The summed E-state index contributed by atoms with van der Waals surface area (Å²) in [7, 11) is 0. The molecule has 5 heteroatoms. The van der Waals surface area contributed by atoms with Crippen LogP contribution >= 0.6 is 0 Å². The van der Waals surface area contributed by atoms with Crippen LogP contribution in [0.4, 0.5) is 0 Å². The van der Waals surface area contributed by atoms with E-state index >= 15 is 0 Å². The van der Waals surface area contributed by atoms with Crippen LogP contribution in [0.15, 0.2) is 36.4 Å². The molecule has 1 aromatic carbocycles. The molecule has 21 heavy (non-hydrogen) atoms. The summed E-state index contributed by atoms with van der Waals surface area (Å²) in [6.45, 7) is 0.602. The van der Waals surface area contributed by atoms with Gasteiger partial charge in [0.15, 0.2) is 0 Å². The predicted octanol–water partition coefficient (Wildman–Crippen LogP) is 2.31. The smallest absolute Gasteiger partial charge is 0.305 e. The largest absolute Gasteiger partial charge is 0.481 e. The number of pyridine rings is 1. The lowest BCUT2D eigenvalue weighted by Gasteiger charge is -2.23. The summed E-state index contributed by atoms with van der Waals surface area (Å²) in [4.78, 5) is 29.5. The maximum atomic E-state index is 12.6. The van der Waals surface area contributed by atoms with Crippen LogP contribution in [0.25, 0.3) is 10.9 Å². The van der Waals surface area contributed by atoms with E-state index in [0.717, 1.165) is 23.7 Å². The summed E-state index contributed by atoms with van der Waals surface area (Å²) in [5.41, 5.74) is 1.16. The van der Waals surface area contributed by atoms with Crippen LogP contribution in [-0.2, 0) is 4.79 Å². The summed E-state index contributed by atoms with van der Waals surface area (Å²) in [5.74, 6) is -1.05. The molecule has 1 saturated heterocycles. The molecule has 1 unspecified atom stereocenters. The van der Waals surface area contributed by atoms with Crippen molar-refractivity contribution in [2.45, 2.75) is 25.3 Å². The molecule has 108 valence electrons. The molecular weight excluding hydrogens is 268 g/mol. The molecule has 1 aromatic heterocycles. The average molecular weight is 284 g/mol. The number of nitrogens with zero attached hydrogens (tertiary/aromatic N) is 2. The highest BCUT2D eigenvalue weighted by atomic mass is 16.4. The molecule has 0 spiro atoms. The molecule has 0 saturated carbocycles. The molecule has 5 nitrogen and oxygen atoms in total. The zero-order valence-corrected chi connectivity index (χ0v) is 11.5. The van der Waals surface area contributed by atoms with Crippen molar-refractivity contribution >= 4 is 22.8 Å².